The number of likely N-dealkylation sites (tertiary alicyclic amines) is 1. The van der Waals surface area contributed by atoms with Gasteiger partial charge in [0.05, 0.1) is 5.60 Å². The lowest BCUT2D eigenvalue weighted by atomic mass is 9.86. The van der Waals surface area contributed by atoms with Crippen molar-refractivity contribution in [3.05, 3.63) is 35.4 Å². The Bertz CT molecular complexity index is 470. The first kappa shape index (κ1) is 19.4. The molecule has 0 saturated carbocycles. The first-order chi connectivity index (χ1) is 11.4. The van der Waals surface area contributed by atoms with E-state index in [9.17, 15) is 5.11 Å². The number of nitrogens with zero attached hydrogens (tertiary/aromatic N) is 1. The molecule has 1 aromatic carbocycles. The maximum atomic E-state index is 9.83. The van der Waals surface area contributed by atoms with E-state index in [1.807, 2.05) is 13.8 Å². The standard InChI is InChI=1S/C21H35NO2/c1-17(16-24-4)20-10-13-22(14-11-20)15-19-7-5-18(6-8-19)9-12-21(2,3)23/h5-8,17,20,23H,9-16H2,1-4H3/t17-/m0/s1. The van der Waals surface area contributed by atoms with Crippen LogP contribution in [-0.2, 0) is 17.7 Å². The van der Waals surface area contributed by atoms with Gasteiger partial charge in [-0.05, 0) is 75.6 Å². The third-order valence-corrected chi connectivity index (χ3v) is 5.32. The summed E-state index contributed by atoms with van der Waals surface area (Å²) in [6.45, 7) is 10.4. The van der Waals surface area contributed by atoms with Crippen LogP contribution in [-0.4, -0.2) is 42.4 Å². The second-order valence-corrected chi connectivity index (χ2v) is 8.18. The van der Waals surface area contributed by atoms with Crippen LogP contribution in [0.5, 0.6) is 0 Å². The molecule has 0 aromatic heterocycles. The summed E-state index contributed by atoms with van der Waals surface area (Å²) in [6, 6.07) is 8.93. The third-order valence-electron chi connectivity index (χ3n) is 5.32. The van der Waals surface area contributed by atoms with E-state index in [0.717, 1.165) is 31.9 Å². The largest absolute Gasteiger partial charge is 0.390 e. The molecule has 24 heavy (non-hydrogen) atoms. The van der Waals surface area contributed by atoms with Crippen LogP contribution in [0.3, 0.4) is 0 Å². The van der Waals surface area contributed by atoms with Crippen LogP contribution in [0.4, 0.5) is 0 Å². The van der Waals surface area contributed by atoms with Gasteiger partial charge in [0.25, 0.3) is 0 Å². The molecule has 0 unspecified atom stereocenters. The summed E-state index contributed by atoms with van der Waals surface area (Å²) >= 11 is 0. The van der Waals surface area contributed by atoms with Gasteiger partial charge in [0.1, 0.15) is 0 Å². The van der Waals surface area contributed by atoms with Crippen molar-refractivity contribution >= 4 is 0 Å². The average molecular weight is 334 g/mol. The Labute approximate surface area is 148 Å². The zero-order chi connectivity index (χ0) is 17.6. The predicted octanol–water partition coefficient (Wildman–Crippen LogP) is 3.88. The van der Waals surface area contributed by atoms with Gasteiger partial charge < -0.3 is 9.84 Å². The SMILES string of the molecule is COC[C@H](C)C1CCN(Cc2ccc(CCC(C)(C)O)cc2)CC1. The van der Waals surface area contributed by atoms with E-state index < -0.39 is 5.60 Å². The minimum absolute atomic E-state index is 0.580. The molecule has 1 saturated heterocycles. The van der Waals surface area contributed by atoms with Gasteiger partial charge in [-0.25, -0.2) is 0 Å². The topological polar surface area (TPSA) is 32.7 Å². The maximum Gasteiger partial charge on any atom is 0.0594 e. The van der Waals surface area contributed by atoms with Crippen LogP contribution in [0.1, 0.15) is 51.2 Å². The second kappa shape index (κ2) is 8.98. The number of methoxy groups -OCH3 is 1. The molecule has 1 fully saturated rings. The van der Waals surface area contributed by atoms with Crippen molar-refractivity contribution in [2.45, 2.75) is 58.6 Å². The molecule has 3 heteroatoms. The number of aliphatic hydroxyl groups is 1. The van der Waals surface area contributed by atoms with E-state index in [4.69, 9.17) is 4.74 Å². The molecule has 1 aromatic rings. The fourth-order valence-corrected chi connectivity index (χ4v) is 3.60. The summed E-state index contributed by atoms with van der Waals surface area (Å²) in [4.78, 5) is 2.57. The molecule has 0 radical (unpaired) electrons. The highest BCUT2D eigenvalue weighted by Crippen LogP contribution is 2.26. The molecular formula is C21H35NO2. The lowest BCUT2D eigenvalue weighted by Crippen LogP contribution is -2.36. The molecule has 1 heterocycles. The number of hydrogen-bond donors (Lipinski definition) is 1. The molecule has 0 spiro atoms. The van der Waals surface area contributed by atoms with Gasteiger partial charge in [0.15, 0.2) is 0 Å². The van der Waals surface area contributed by atoms with Crippen molar-refractivity contribution in [2.75, 3.05) is 26.8 Å². The summed E-state index contributed by atoms with van der Waals surface area (Å²) in [7, 11) is 1.80. The summed E-state index contributed by atoms with van der Waals surface area (Å²) < 4.78 is 5.30. The van der Waals surface area contributed by atoms with Gasteiger partial charge in [-0.15, -0.1) is 0 Å². The number of hydrogen-bond acceptors (Lipinski definition) is 3. The highest BCUT2D eigenvalue weighted by molar-refractivity contribution is 5.22. The highest BCUT2D eigenvalue weighted by Gasteiger charge is 2.23. The van der Waals surface area contributed by atoms with Gasteiger partial charge in [-0.1, -0.05) is 31.2 Å². The Kier molecular flexibility index (Phi) is 7.27. The van der Waals surface area contributed by atoms with Crippen molar-refractivity contribution in [1.82, 2.24) is 4.90 Å². The Morgan fingerprint density at radius 2 is 1.75 bits per heavy atom. The Morgan fingerprint density at radius 1 is 1.17 bits per heavy atom. The Hall–Kier alpha value is -0.900. The number of ether oxygens (including phenoxy) is 1. The molecule has 1 aliphatic heterocycles. The number of piperidine rings is 1. The molecule has 1 aliphatic rings. The van der Waals surface area contributed by atoms with Gasteiger partial charge >= 0.3 is 0 Å². The van der Waals surface area contributed by atoms with Crippen LogP contribution < -0.4 is 0 Å². The minimum atomic E-state index is -0.580. The highest BCUT2D eigenvalue weighted by atomic mass is 16.5. The smallest absolute Gasteiger partial charge is 0.0594 e. The van der Waals surface area contributed by atoms with Gasteiger partial charge in [0.2, 0.25) is 0 Å². The Morgan fingerprint density at radius 3 is 2.29 bits per heavy atom. The van der Waals surface area contributed by atoms with Crippen molar-refractivity contribution in [1.29, 1.82) is 0 Å². The minimum Gasteiger partial charge on any atom is -0.390 e. The van der Waals surface area contributed by atoms with E-state index in [1.54, 1.807) is 7.11 Å². The van der Waals surface area contributed by atoms with Crippen molar-refractivity contribution in [3.63, 3.8) is 0 Å². The fourth-order valence-electron chi connectivity index (χ4n) is 3.60. The number of rotatable bonds is 8. The molecule has 0 bridgehead atoms. The molecular weight excluding hydrogens is 298 g/mol. The lowest BCUT2D eigenvalue weighted by Gasteiger charge is -2.34. The van der Waals surface area contributed by atoms with Gasteiger partial charge in [-0.3, -0.25) is 4.90 Å². The van der Waals surface area contributed by atoms with E-state index >= 15 is 0 Å². The molecule has 1 atom stereocenters. The second-order valence-electron chi connectivity index (χ2n) is 8.18. The van der Waals surface area contributed by atoms with Crippen LogP contribution in [0.2, 0.25) is 0 Å². The van der Waals surface area contributed by atoms with Crippen LogP contribution >= 0.6 is 0 Å². The van der Waals surface area contributed by atoms with Crippen molar-refractivity contribution in [3.8, 4) is 0 Å². The third kappa shape index (κ3) is 6.54. The molecule has 2 rings (SSSR count). The molecule has 3 nitrogen and oxygen atoms in total. The zero-order valence-electron chi connectivity index (χ0n) is 15.9. The molecule has 136 valence electrons. The first-order valence-electron chi connectivity index (χ1n) is 9.39. The number of aryl methyl sites for hydroxylation is 1. The summed E-state index contributed by atoms with van der Waals surface area (Å²) in [5, 5.41) is 9.83. The van der Waals surface area contributed by atoms with Crippen LogP contribution in [0.15, 0.2) is 24.3 Å². The van der Waals surface area contributed by atoms with E-state index in [-0.39, 0.29) is 0 Å². The normalized spacial score (nSPS) is 18.7. The van der Waals surface area contributed by atoms with Crippen LogP contribution in [0, 0.1) is 11.8 Å². The Balaban J connectivity index is 1.76. The summed E-state index contributed by atoms with van der Waals surface area (Å²) in [6.07, 6.45) is 4.31. The van der Waals surface area contributed by atoms with Crippen molar-refractivity contribution in [2.24, 2.45) is 11.8 Å². The molecule has 1 N–H and O–H groups in total. The van der Waals surface area contributed by atoms with Gasteiger partial charge in [0, 0.05) is 20.3 Å². The van der Waals surface area contributed by atoms with Crippen molar-refractivity contribution < 1.29 is 9.84 Å². The molecule has 0 amide bonds. The average Bonchev–Trinajstić information content (AvgIpc) is 2.54. The zero-order valence-corrected chi connectivity index (χ0v) is 15.9. The van der Waals surface area contributed by atoms with E-state index in [0.29, 0.717) is 5.92 Å². The van der Waals surface area contributed by atoms with Gasteiger partial charge in [-0.2, -0.15) is 0 Å². The number of benzene rings is 1. The lowest BCUT2D eigenvalue weighted by molar-refractivity contribution is 0.0714. The summed E-state index contributed by atoms with van der Waals surface area (Å²) in [5.41, 5.74) is 2.13. The maximum absolute atomic E-state index is 9.83. The monoisotopic (exact) mass is 333 g/mol. The summed E-state index contributed by atoms with van der Waals surface area (Å²) in [5.74, 6) is 1.48. The van der Waals surface area contributed by atoms with Crippen LogP contribution in [0.25, 0.3) is 0 Å². The van der Waals surface area contributed by atoms with E-state index in [1.165, 1.54) is 37.1 Å². The quantitative estimate of drug-likeness (QED) is 0.783. The first-order valence-corrected chi connectivity index (χ1v) is 9.39. The fraction of sp³-hybridized carbons (Fsp3) is 0.714. The molecule has 0 aliphatic carbocycles. The predicted molar refractivity (Wildman–Crippen MR) is 100 cm³/mol. The van der Waals surface area contributed by atoms with E-state index in [2.05, 4.69) is 36.1 Å².